The van der Waals surface area contributed by atoms with E-state index in [0.717, 1.165) is 16.2 Å². The SMILES string of the molecule is COCCOC(=O)N1C(=O)C2(c3cc(C#Cc4ccc(OC)cc4)ccc31)C(C(=O)NCCc1ccccn1)C1C(=O)OC(c3ccccc3)C(c3ccccc3)N1C2c1ccc(O)cc1. The Morgan fingerprint density at radius 2 is 1.45 bits per heavy atom. The van der Waals surface area contributed by atoms with E-state index in [1.54, 1.807) is 61.8 Å². The molecule has 0 aliphatic carbocycles. The average Bonchev–Trinajstić information content (AvgIpc) is 3.81. The lowest BCUT2D eigenvalue weighted by Crippen LogP contribution is -2.56. The molecule has 9 rings (SSSR count). The molecule has 2 N–H and O–H groups in total. The number of carbonyl (C=O) groups is 4. The molecule has 0 radical (unpaired) electrons. The number of nitrogens with zero attached hydrogens (tertiary/aromatic N) is 3. The number of anilines is 1. The molecule has 5 aromatic carbocycles. The van der Waals surface area contributed by atoms with Crippen LogP contribution >= 0.6 is 0 Å². The van der Waals surface area contributed by atoms with Crippen molar-refractivity contribution in [3.8, 4) is 23.3 Å². The first-order chi connectivity index (χ1) is 32.2. The van der Waals surface area contributed by atoms with Crippen molar-refractivity contribution in [2.75, 3.05) is 38.9 Å². The van der Waals surface area contributed by atoms with Gasteiger partial charge in [-0.05, 0) is 89.0 Å². The predicted molar refractivity (Wildman–Crippen MR) is 243 cm³/mol. The first-order valence-corrected chi connectivity index (χ1v) is 21.6. The van der Waals surface area contributed by atoms with E-state index >= 15 is 14.4 Å². The van der Waals surface area contributed by atoms with Crippen LogP contribution in [0.15, 0.2) is 152 Å². The topological polar surface area (TPSA) is 157 Å². The molecule has 13 nitrogen and oxygen atoms in total. The van der Waals surface area contributed by atoms with Crippen molar-refractivity contribution in [1.29, 1.82) is 0 Å². The lowest BCUT2D eigenvalue weighted by atomic mass is 9.65. The zero-order valence-electron chi connectivity index (χ0n) is 36.2. The number of imide groups is 1. The summed E-state index contributed by atoms with van der Waals surface area (Å²) in [5.74, 6) is 3.41. The van der Waals surface area contributed by atoms with Gasteiger partial charge in [-0.15, -0.1) is 0 Å². The summed E-state index contributed by atoms with van der Waals surface area (Å²) in [6.45, 7) is 0.00600. The summed E-state index contributed by atoms with van der Waals surface area (Å²) in [5.41, 5.74) is 2.24. The summed E-state index contributed by atoms with van der Waals surface area (Å²) in [5, 5.41) is 13.8. The van der Waals surface area contributed by atoms with Gasteiger partial charge in [0.1, 0.15) is 35.7 Å². The number of carbonyl (C=O) groups excluding carboxylic acids is 4. The van der Waals surface area contributed by atoms with E-state index in [1.807, 2.05) is 89.8 Å². The number of aromatic nitrogens is 1. The van der Waals surface area contributed by atoms with Gasteiger partial charge in [0, 0.05) is 43.1 Å². The standard InChI is InChI=1S/C53H46N4O9/c1-63-31-32-65-52(62)56-43-27-20-35(17-16-34-18-25-41(64-2)26-19-34)33-42(43)53(51(56)61)44(49(59)55-30-28-39-15-9-10-29-54-39)46-50(60)66-47(37-13-7-4-8-14-37)45(36-11-5-3-6-12-36)57(46)48(53)38-21-23-40(58)24-22-38/h3-15,18-27,29,33,44-48,58H,28,30-32H2,1-2H3,(H,55,59). The molecule has 6 aromatic rings. The molecule has 3 amide bonds. The highest BCUT2D eigenvalue weighted by Crippen LogP contribution is 2.66. The van der Waals surface area contributed by atoms with Gasteiger partial charge < -0.3 is 29.4 Å². The van der Waals surface area contributed by atoms with Crippen LogP contribution in [0.2, 0.25) is 0 Å². The molecule has 0 saturated carbocycles. The first kappa shape index (κ1) is 43.5. The zero-order valence-corrected chi connectivity index (χ0v) is 36.2. The highest BCUT2D eigenvalue weighted by atomic mass is 16.6. The number of nitrogens with one attached hydrogen (secondary N) is 1. The minimum atomic E-state index is -2.03. The largest absolute Gasteiger partial charge is 0.508 e. The predicted octanol–water partition coefficient (Wildman–Crippen LogP) is 7.00. The van der Waals surface area contributed by atoms with E-state index in [-0.39, 0.29) is 36.8 Å². The minimum Gasteiger partial charge on any atom is -0.508 e. The van der Waals surface area contributed by atoms with Crippen molar-refractivity contribution in [1.82, 2.24) is 15.2 Å². The second-order valence-electron chi connectivity index (χ2n) is 16.2. The highest BCUT2D eigenvalue weighted by Gasteiger charge is 2.75. The van der Waals surface area contributed by atoms with Gasteiger partial charge in [-0.1, -0.05) is 90.7 Å². The maximum atomic E-state index is 16.2. The number of cyclic esters (lactones) is 1. The normalized spacial score (nSPS) is 21.8. The Bertz CT molecular complexity index is 2800. The summed E-state index contributed by atoms with van der Waals surface area (Å²) >= 11 is 0. The Morgan fingerprint density at radius 1 is 0.773 bits per heavy atom. The van der Waals surface area contributed by atoms with Crippen LogP contribution in [-0.2, 0) is 40.4 Å². The number of aromatic hydroxyl groups is 1. The zero-order chi connectivity index (χ0) is 45.8. The number of hydrogen-bond donors (Lipinski definition) is 2. The van der Waals surface area contributed by atoms with E-state index < -0.39 is 59.4 Å². The van der Waals surface area contributed by atoms with Crippen LogP contribution in [0, 0.1) is 17.8 Å². The van der Waals surface area contributed by atoms with Crippen molar-refractivity contribution < 1.29 is 43.2 Å². The van der Waals surface area contributed by atoms with Crippen LogP contribution in [0.25, 0.3) is 0 Å². The lowest BCUT2D eigenvalue weighted by molar-refractivity contribution is -0.178. The van der Waals surface area contributed by atoms with Gasteiger partial charge in [0.25, 0.3) is 0 Å². The molecule has 13 heteroatoms. The van der Waals surface area contributed by atoms with Gasteiger partial charge in [0.2, 0.25) is 11.8 Å². The molecule has 6 atom stereocenters. The third kappa shape index (κ3) is 7.91. The molecule has 1 spiro atoms. The number of hydrogen-bond acceptors (Lipinski definition) is 11. The second kappa shape index (κ2) is 18.7. The molecule has 4 heterocycles. The summed E-state index contributed by atoms with van der Waals surface area (Å²) < 4.78 is 22.7. The number of benzene rings is 5. The molecule has 66 heavy (non-hydrogen) atoms. The van der Waals surface area contributed by atoms with E-state index in [4.69, 9.17) is 18.9 Å². The number of esters is 1. The summed E-state index contributed by atoms with van der Waals surface area (Å²) in [4.78, 5) is 68.8. The van der Waals surface area contributed by atoms with Gasteiger partial charge in [-0.25, -0.2) is 9.69 Å². The summed E-state index contributed by atoms with van der Waals surface area (Å²) in [6.07, 6.45) is 0.119. The number of fused-ring (bicyclic) bond motifs is 3. The van der Waals surface area contributed by atoms with Gasteiger partial charge in [0.05, 0.1) is 37.4 Å². The van der Waals surface area contributed by atoms with Gasteiger partial charge in [-0.3, -0.25) is 24.3 Å². The van der Waals surface area contributed by atoms with Gasteiger partial charge in [-0.2, -0.15) is 0 Å². The Morgan fingerprint density at radius 3 is 2.14 bits per heavy atom. The summed E-state index contributed by atoms with van der Waals surface area (Å²) in [7, 11) is 3.05. The molecule has 2 saturated heterocycles. The highest BCUT2D eigenvalue weighted by molar-refractivity contribution is 6.23. The van der Waals surface area contributed by atoms with Gasteiger partial charge in [0.15, 0.2) is 0 Å². The van der Waals surface area contributed by atoms with E-state index in [9.17, 15) is 9.90 Å². The quantitative estimate of drug-likeness (QED) is 0.0785. The number of pyridine rings is 1. The fraction of sp³-hybridized carbons (Fsp3) is 0.226. The van der Waals surface area contributed by atoms with Gasteiger partial charge >= 0.3 is 12.1 Å². The van der Waals surface area contributed by atoms with Crippen molar-refractivity contribution in [2.45, 2.75) is 36.1 Å². The Labute approximate surface area is 381 Å². The van der Waals surface area contributed by atoms with E-state index in [2.05, 4.69) is 22.1 Å². The monoisotopic (exact) mass is 882 g/mol. The summed E-state index contributed by atoms with van der Waals surface area (Å²) in [6, 6.07) is 39.7. The fourth-order valence-corrected chi connectivity index (χ4v) is 9.69. The lowest BCUT2D eigenvalue weighted by Gasteiger charge is -2.46. The number of rotatable bonds is 11. The maximum absolute atomic E-state index is 16.2. The Balaban J connectivity index is 1.31. The maximum Gasteiger partial charge on any atom is 0.421 e. The van der Waals surface area contributed by atoms with Crippen LogP contribution in [0.5, 0.6) is 11.5 Å². The van der Waals surface area contributed by atoms with Crippen LogP contribution in [-0.4, -0.2) is 78.9 Å². The first-order valence-electron chi connectivity index (χ1n) is 21.6. The van der Waals surface area contributed by atoms with Crippen molar-refractivity contribution in [3.63, 3.8) is 0 Å². The molecule has 1 aromatic heterocycles. The Hall–Kier alpha value is -7.79. The number of ether oxygens (including phenoxy) is 4. The molecular weight excluding hydrogens is 837 g/mol. The Kier molecular flexibility index (Phi) is 12.3. The third-order valence-electron chi connectivity index (χ3n) is 12.5. The molecular formula is C53H46N4O9. The number of phenols is 1. The van der Waals surface area contributed by atoms with E-state index in [1.165, 1.54) is 19.2 Å². The third-order valence-corrected chi connectivity index (χ3v) is 12.5. The molecule has 2 fully saturated rings. The van der Waals surface area contributed by atoms with Crippen LogP contribution in [0.1, 0.15) is 57.3 Å². The van der Waals surface area contributed by atoms with Crippen LogP contribution in [0.3, 0.4) is 0 Å². The number of amides is 3. The average molecular weight is 883 g/mol. The van der Waals surface area contributed by atoms with Crippen molar-refractivity contribution >= 4 is 29.6 Å². The fourth-order valence-electron chi connectivity index (χ4n) is 9.69. The van der Waals surface area contributed by atoms with Crippen molar-refractivity contribution in [3.05, 3.63) is 191 Å². The number of morpholine rings is 1. The van der Waals surface area contributed by atoms with Crippen LogP contribution < -0.4 is 15.0 Å². The number of phenolic OH excluding ortho intramolecular Hbond substituents is 1. The van der Waals surface area contributed by atoms with E-state index in [0.29, 0.717) is 34.4 Å². The van der Waals surface area contributed by atoms with Crippen molar-refractivity contribution in [2.24, 2.45) is 5.92 Å². The molecule has 6 unspecified atom stereocenters. The van der Waals surface area contributed by atoms with Crippen LogP contribution in [0.4, 0.5) is 10.5 Å². The molecule has 3 aliphatic rings. The smallest absolute Gasteiger partial charge is 0.421 e. The molecule has 332 valence electrons. The second-order valence-corrected chi connectivity index (χ2v) is 16.2. The molecule has 3 aliphatic heterocycles. The minimum absolute atomic E-state index is 0.0384. The number of methoxy groups -OCH3 is 2. The molecule has 0 bridgehead atoms.